The molecule has 0 atom stereocenters. The van der Waals surface area contributed by atoms with Crippen LogP contribution in [0, 0.1) is 0 Å². The predicted octanol–water partition coefficient (Wildman–Crippen LogP) is 15.3. The number of rotatable bonds is 5. The van der Waals surface area contributed by atoms with Crippen molar-refractivity contribution in [3.63, 3.8) is 0 Å². The molecule has 0 aliphatic carbocycles. The van der Waals surface area contributed by atoms with Gasteiger partial charge in [-0.25, -0.2) is 0 Å². The number of para-hydroxylation sites is 4. The van der Waals surface area contributed by atoms with Gasteiger partial charge in [0, 0.05) is 38.8 Å². The SMILES string of the molecule is c1ccc(N(c2ccc3ccc4ccccc4c3c2)c2cccc3oc4cc(-c5cccc6c7ccccc7n(-c7ccccc7)c56)c5ccccc5c4c23)cc1. The molecule has 3 heteroatoms. The molecular formula is C54H34N2O. The fraction of sp³-hybridized carbons (Fsp3) is 0. The van der Waals surface area contributed by atoms with Gasteiger partial charge in [-0.1, -0.05) is 146 Å². The first-order valence-electron chi connectivity index (χ1n) is 19.5. The van der Waals surface area contributed by atoms with Crippen LogP contribution >= 0.6 is 0 Å². The fourth-order valence-corrected chi connectivity index (χ4v) is 9.29. The van der Waals surface area contributed by atoms with E-state index in [2.05, 4.69) is 216 Å². The summed E-state index contributed by atoms with van der Waals surface area (Å²) in [5, 5.41) is 11.9. The number of fused-ring (bicyclic) bond motifs is 11. The van der Waals surface area contributed by atoms with Gasteiger partial charge in [0.2, 0.25) is 0 Å². The second kappa shape index (κ2) is 12.5. The quantitative estimate of drug-likeness (QED) is 0.165. The molecule has 0 fully saturated rings. The summed E-state index contributed by atoms with van der Waals surface area (Å²) in [5.74, 6) is 0. The Morgan fingerprint density at radius 1 is 0.368 bits per heavy atom. The van der Waals surface area contributed by atoms with Crippen molar-refractivity contribution in [1.82, 2.24) is 4.57 Å². The second-order valence-corrected chi connectivity index (χ2v) is 14.8. The van der Waals surface area contributed by atoms with Gasteiger partial charge in [0.05, 0.1) is 22.1 Å². The lowest BCUT2D eigenvalue weighted by atomic mass is 9.93. The maximum atomic E-state index is 6.97. The second-order valence-electron chi connectivity index (χ2n) is 14.8. The molecule has 2 heterocycles. The van der Waals surface area contributed by atoms with Crippen molar-refractivity contribution in [3.8, 4) is 16.8 Å². The zero-order chi connectivity index (χ0) is 37.5. The molecule has 0 N–H and O–H groups in total. The van der Waals surface area contributed by atoms with E-state index in [0.717, 1.165) is 55.6 Å². The lowest BCUT2D eigenvalue weighted by Crippen LogP contribution is -2.10. The molecule has 0 aliphatic rings. The Kier molecular flexibility index (Phi) is 6.93. The average Bonchev–Trinajstić information content (AvgIpc) is 3.83. The summed E-state index contributed by atoms with van der Waals surface area (Å²) in [6.07, 6.45) is 0. The van der Waals surface area contributed by atoms with Gasteiger partial charge in [-0.2, -0.15) is 0 Å². The van der Waals surface area contributed by atoms with Crippen LogP contribution in [0.25, 0.3) is 92.9 Å². The van der Waals surface area contributed by atoms with E-state index in [1.54, 1.807) is 0 Å². The normalized spacial score (nSPS) is 11.9. The predicted molar refractivity (Wildman–Crippen MR) is 241 cm³/mol. The van der Waals surface area contributed by atoms with E-state index in [1.165, 1.54) is 54.3 Å². The third kappa shape index (κ3) is 4.79. The maximum absolute atomic E-state index is 6.97. The average molecular weight is 727 g/mol. The van der Waals surface area contributed by atoms with E-state index in [9.17, 15) is 0 Å². The van der Waals surface area contributed by atoms with E-state index in [-0.39, 0.29) is 0 Å². The minimum atomic E-state index is 0.855. The number of nitrogens with zero attached hydrogens (tertiary/aromatic N) is 2. The van der Waals surface area contributed by atoms with Crippen LogP contribution in [-0.2, 0) is 0 Å². The van der Waals surface area contributed by atoms with Gasteiger partial charge < -0.3 is 13.9 Å². The van der Waals surface area contributed by atoms with Crippen molar-refractivity contribution in [2.45, 2.75) is 0 Å². The first-order chi connectivity index (χ1) is 28.3. The van der Waals surface area contributed by atoms with E-state index in [0.29, 0.717) is 0 Å². The fourth-order valence-electron chi connectivity index (χ4n) is 9.29. The molecule has 57 heavy (non-hydrogen) atoms. The number of hydrogen-bond acceptors (Lipinski definition) is 2. The van der Waals surface area contributed by atoms with E-state index >= 15 is 0 Å². The van der Waals surface area contributed by atoms with Crippen LogP contribution in [0.2, 0.25) is 0 Å². The van der Waals surface area contributed by atoms with Crippen LogP contribution < -0.4 is 4.90 Å². The molecule has 0 saturated carbocycles. The summed E-state index contributed by atoms with van der Waals surface area (Å²) in [6.45, 7) is 0. The lowest BCUT2D eigenvalue weighted by molar-refractivity contribution is 0.669. The molecule has 266 valence electrons. The first kappa shape index (κ1) is 31.7. The van der Waals surface area contributed by atoms with E-state index < -0.39 is 0 Å². The zero-order valence-electron chi connectivity index (χ0n) is 30.9. The molecule has 0 spiro atoms. The van der Waals surface area contributed by atoms with Crippen molar-refractivity contribution in [1.29, 1.82) is 0 Å². The highest BCUT2D eigenvalue weighted by Gasteiger charge is 2.24. The Bertz CT molecular complexity index is 3520. The van der Waals surface area contributed by atoms with Gasteiger partial charge in [0.25, 0.3) is 0 Å². The van der Waals surface area contributed by atoms with Crippen molar-refractivity contribution in [2.75, 3.05) is 4.90 Å². The van der Waals surface area contributed by atoms with Crippen LogP contribution in [0.1, 0.15) is 0 Å². The molecule has 3 nitrogen and oxygen atoms in total. The van der Waals surface area contributed by atoms with E-state index in [4.69, 9.17) is 4.42 Å². The molecule has 12 aromatic rings. The number of furan rings is 1. The van der Waals surface area contributed by atoms with Crippen molar-refractivity contribution < 1.29 is 4.42 Å². The summed E-state index contributed by atoms with van der Waals surface area (Å²) < 4.78 is 9.38. The highest BCUT2D eigenvalue weighted by atomic mass is 16.3. The Balaban J connectivity index is 1.15. The summed E-state index contributed by atoms with van der Waals surface area (Å²) in [4.78, 5) is 2.39. The standard InChI is InChI=1S/C54H34N2O/c1-3-16-37(17-4-1)55(39-32-31-36-30-29-35-15-7-8-20-40(35)46(36)33-39)49-27-14-28-50-53(49)52-43-23-10-9-21-41(43)47(34-51(52)57-50)45-25-13-24-44-42-22-11-12-26-48(42)56(54(44)45)38-18-5-2-6-19-38/h1-34H. The highest BCUT2D eigenvalue weighted by Crippen LogP contribution is 2.48. The Morgan fingerprint density at radius 2 is 1.02 bits per heavy atom. The molecular weight excluding hydrogens is 693 g/mol. The van der Waals surface area contributed by atoms with Crippen LogP contribution in [0.15, 0.2) is 211 Å². The maximum Gasteiger partial charge on any atom is 0.137 e. The molecule has 0 unspecified atom stereocenters. The molecule has 0 radical (unpaired) electrons. The Labute approximate surface area is 328 Å². The van der Waals surface area contributed by atoms with Crippen molar-refractivity contribution >= 4 is 93.1 Å². The summed E-state index contributed by atoms with van der Waals surface area (Å²) in [5.41, 5.74) is 10.8. The number of aromatic nitrogens is 1. The van der Waals surface area contributed by atoms with Crippen LogP contribution in [-0.4, -0.2) is 4.57 Å². The topological polar surface area (TPSA) is 21.3 Å². The molecule has 0 aliphatic heterocycles. The van der Waals surface area contributed by atoms with Crippen LogP contribution in [0.4, 0.5) is 17.1 Å². The minimum Gasteiger partial charge on any atom is -0.456 e. The monoisotopic (exact) mass is 726 g/mol. The van der Waals surface area contributed by atoms with Crippen LogP contribution in [0.5, 0.6) is 0 Å². The van der Waals surface area contributed by atoms with Gasteiger partial charge in [0.1, 0.15) is 11.2 Å². The Morgan fingerprint density at radius 3 is 1.86 bits per heavy atom. The third-order valence-corrected chi connectivity index (χ3v) is 11.7. The summed E-state index contributed by atoms with van der Waals surface area (Å²) in [6, 6.07) is 74.3. The van der Waals surface area contributed by atoms with Crippen molar-refractivity contribution in [2.24, 2.45) is 0 Å². The Hall–Kier alpha value is -7.62. The van der Waals surface area contributed by atoms with Gasteiger partial charge in [-0.15, -0.1) is 0 Å². The van der Waals surface area contributed by atoms with Gasteiger partial charge in [-0.05, 0) is 98.5 Å². The first-order valence-corrected chi connectivity index (χ1v) is 19.5. The lowest BCUT2D eigenvalue weighted by Gasteiger charge is -2.26. The number of hydrogen-bond donors (Lipinski definition) is 0. The molecule has 12 rings (SSSR count). The smallest absolute Gasteiger partial charge is 0.137 e. The molecule has 0 amide bonds. The summed E-state index contributed by atoms with van der Waals surface area (Å²) in [7, 11) is 0. The molecule has 0 saturated heterocycles. The van der Waals surface area contributed by atoms with Gasteiger partial charge in [-0.3, -0.25) is 0 Å². The molecule has 0 bridgehead atoms. The minimum absolute atomic E-state index is 0.855. The van der Waals surface area contributed by atoms with E-state index in [1.807, 2.05) is 0 Å². The zero-order valence-corrected chi connectivity index (χ0v) is 30.9. The van der Waals surface area contributed by atoms with Gasteiger partial charge >= 0.3 is 0 Å². The van der Waals surface area contributed by atoms with Crippen LogP contribution in [0.3, 0.4) is 0 Å². The largest absolute Gasteiger partial charge is 0.456 e. The summed E-state index contributed by atoms with van der Waals surface area (Å²) >= 11 is 0. The molecule has 2 aromatic heterocycles. The van der Waals surface area contributed by atoms with Crippen molar-refractivity contribution in [3.05, 3.63) is 206 Å². The number of benzene rings is 10. The van der Waals surface area contributed by atoms with Gasteiger partial charge in [0.15, 0.2) is 0 Å². The number of anilines is 3. The molecule has 10 aromatic carbocycles. The third-order valence-electron chi connectivity index (χ3n) is 11.7. The highest BCUT2D eigenvalue weighted by molar-refractivity contribution is 6.27.